The van der Waals surface area contributed by atoms with Crippen LogP contribution < -0.4 is 15.4 Å². The van der Waals surface area contributed by atoms with Crippen LogP contribution in [-0.2, 0) is 16.8 Å². The van der Waals surface area contributed by atoms with Crippen LogP contribution in [0.5, 0.6) is 5.75 Å². The maximum absolute atomic E-state index is 13.2. The number of aromatic nitrogens is 2. The van der Waals surface area contributed by atoms with Crippen LogP contribution in [0.2, 0.25) is 0 Å². The molecular weight excluding hydrogens is 466 g/mol. The fourth-order valence-corrected chi connectivity index (χ4v) is 3.66. The number of benzene rings is 2. The molecule has 37 heavy (non-hydrogen) atoms. The van der Waals surface area contributed by atoms with Crippen molar-refractivity contribution in [2.24, 2.45) is 5.92 Å². The molecule has 0 atom stereocenters. The summed E-state index contributed by atoms with van der Waals surface area (Å²) in [7, 11) is 1.62. The third kappa shape index (κ3) is 8.10. The number of methoxy groups -OCH3 is 1. The molecule has 8 nitrogen and oxygen atoms in total. The Kier molecular flexibility index (Phi) is 9.33. The monoisotopic (exact) mass is 505 g/mol. The Labute approximate surface area is 220 Å². The highest BCUT2D eigenvalue weighted by Crippen LogP contribution is 2.27. The summed E-state index contributed by atoms with van der Waals surface area (Å²) in [6.07, 6.45) is 0.796. The Bertz CT molecular complexity index is 1160. The molecule has 2 aromatic carbocycles. The molecule has 0 fully saturated rings. The van der Waals surface area contributed by atoms with Crippen molar-refractivity contribution >= 4 is 17.8 Å². The van der Waals surface area contributed by atoms with Gasteiger partial charge in [-0.15, -0.1) is 0 Å². The average molecular weight is 506 g/mol. The minimum atomic E-state index is -0.284. The Balaban J connectivity index is 1.77. The molecule has 0 spiro atoms. The van der Waals surface area contributed by atoms with Crippen LogP contribution in [0.1, 0.15) is 52.3 Å². The van der Waals surface area contributed by atoms with Crippen LogP contribution >= 0.6 is 0 Å². The second-order valence-electron chi connectivity index (χ2n) is 10.6. The van der Waals surface area contributed by atoms with E-state index < -0.39 is 0 Å². The van der Waals surface area contributed by atoms with Gasteiger partial charge in [0.05, 0.1) is 18.5 Å². The average Bonchev–Trinajstić information content (AvgIpc) is 3.30. The summed E-state index contributed by atoms with van der Waals surface area (Å²) < 4.78 is 6.98. The summed E-state index contributed by atoms with van der Waals surface area (Å²) in [4.78, 5) is 27.8. The molecule has 198 valence electrons. The quantitative estimate of drug-likeness (QED) is 0.387. The number of hydrogen-bond donors (Lipinski definition) is 2. The van der Waals surface area contributed by atoms with Crippen molar-refractivity contribution in [3.63, 3.8) is 0 Å². The van der Waals surface area contributed by atoms with Crippen molar-refractivity contribution in [1.82, 2.24) is 20.0 Å². The van der Waals surface area contributed by atoms with Gasteiger partial charge in [0, 0.05) is 24.6 Å². The first-order valence-corrected chi connectivity index (χ1v) is 12.7. The Morgan fingerprint density at radius 1 is 1.05 bits per heavy atom. The van der Waals surface area contributed by atoms with Crippen LogP contribution in [-0.4, -0.2) is 46.8 Å². The van der Waals surface area contributed by atoms with Crippen molar-refractivity contribution in [3.8, 4) is 11.4 Å². The molecular formula is C29H39N5O3. The van der Waals surface area contributed by atoms with Gasteiger partial charge in [-0.05, 0) is 42.2 Å². The second-order valence-corrected chi connectivity index (χ2v) is 10.6. The molecule has 3 aromatic rings. The Hall–Kier alpha value is -3.81. The predicted octanol–water partition coefficient (Wildman–Crippen LogP) is 5.37. The first-order chi connectivity index (χ1) is 17.6. The van der Waals surface area contributed by atoms with Crippen LogP contribution in [0.15, 0.2) is 60.7 Å². The zero-order chi connectivity index (χ0) is 27.0. The summed E-state index contributed by atoms with van der Waals surface area (Å²) in [5.74, 6) is 1.40. The zero-order valence-corrected chi connectivity index (χ0v) is 22.7. The largest absolute Gasteiger partial charge is 0.497 e. The van der Waals surface area contributed by atoms with E-state index in [0.717, 1.165) is 29.1 Å². The molecule has 2 N–H and O–H groups in total. The SMILES string of the molecule is COc1ccc(-n2nc(C(C)(C)C)cc2NC(=O)CN(CCC(C)C)C(=O)NCc2ccccc2)cc1. The number of carbonyl (C=O) groups excluding carboxylic acids is 2. The van der Waals surface area contributed by atoms with Gasteiger partial charge in [0.1, 0.15) is 18.1 Å². The molecule has 3 rings (SSSR count). The molecule has 0 saturated carbocycles. The lowest BCUT2D eigenvalue weighted by molar-refractivity contribution is -0.116. The predicted molar refractivity (Wildman–Crippen MR) is 147 cm³/mol. The number of carbonyl (C=O) groups is 2. The third-order valence-electron chi connectivity index (χ3n) is 5.95. The van der Waals surface area contributed by atoms with Crippen LogP contribution in [0.4, 0.5) is 10.6 Å². The second kappa shape index (κ2) is 12.4. The first kappa shape index (κ1) is 27.8. The smallest absolute Gasteiger partial charge is 0.318 e. The van der Waals surface area contributed by atoms with Crippen LogP contribution in [0.3, 0.4) is 0 Å². The highest BCUT2D eigenvalue weighted by Gasteiger charge is 2.23. The van der Waals surface area contributed by atoms with E-state index in [-0.39, 0.29) is 23.9 Å². The maximum Gasteiger partial charge on any atom is 0.318 e. The van der Waals surface area contributed by atoms with E-state index in [1.165, 1.54) is 0 Å². The molecule has 0 bridgehead atoms. The van der Waals surface area contributed by atoms with Gasteiger partial charge in [0.25, 0.3) is 0 Å². The van der Waals surface area contributed by atoms with Gasteiger partial charge in [-0.25, -0.2) is 9.48 Å². The lowest BCUT2D eigenvalue weighted by Gasteiger charge is -2.23. The fourth-order valence-electron chi connectivity index (χ4n) is 3.66. The van der Waals surface area contributed by atoms with Gasteiger partial charge in [0.15, 0.2) is 0 Å². The summed E-state index contributed by atoms with van der Waals surface area (Å²) in [6, 6.07) is 18.8. The van der Waals surface area contributed by atoms with Crippen molar-refractivity contribution in [3.05, 3.63) is 71.9 Å². The molecule has 0 aliphatic heterocycles. The number of nitrogens with one attached hydrogen (secondary N) is 2. The van der Waals surface area contributed by atoms with Crippen molar-refractivity contribution in [1.29, 1.82) is 0 Å². The van der Waals surface area contributed by atoms with E-state index in [0.29, 0.717) is 24.8 Å². The number of ether oxygens (including phenoxy) is 1. The fraction of sp³-hybridized carbons (Fsp3) is 0.414. The zero-order valence-electron chi connectivity index (χ0n) is 22.7. The van der Waals surface area contributed by atoms with Gasteiger partial charge in [0.2, 0.25) is 5.91 Å². The van der Waals surface area contributed by atoms with E-state index >= 15 is 0 Å². The van der Waals surface area contributed by atoms with Crippen LogP contribution in [0.25, 0.3) is 5.69 Å². The number of nitrogens with zero attached hydrogens (tertiary/aromatic N) is 3. The lowest BCUT2D eigenvalue weighted by atomic mass is 9.92. The van der Waals surface area contributed by atoms with E-state index in [1.807, 2.05) is 60.7 Å². The van der Waals surface area contributed by atoms with Gasteiger partial charge in [-0.1, -0.05) is 65.0 Å². The maximum atomic E-state index is 13.2. The standard InChI is InChI=1S/C29H39N5O3/c1-21(2)16-17-33(28(36)30-19-22-10-8-7-9-11-22)20-27(35)31-26-18-25(29(3,4)5)32-34(26)23-12-14-24(37-6)15-13-23/h7-15,18,21H,16-17,19-20H2,1-6H3,(H,30,36)(H,31,35). The Morgan fingerprint density at radius 3 is 2.32 bits per heavy atom. The topological polar surface area (TPSA) is 88.5 Å². The summed E-state index contributed by atoms with van der Waals surface area (Å²) in [5, 5.41) is 10.7. The highest BCUT2D eigenvalue weighted by atomic mass is 16.5. The molecule has 0 radical (unpaired) electrons. The number of anilines is 1. The van der Waals surface area contributed by atoms with Gasteiger partial charge >= 0.3 is 6.03 Å². The number of amides is 3. The summed E-state index contributed by atoms with van der Waals surface area (Å²) >= 11 is 0. The molecule has 1 heterocycles. The van der Waals surface area contributed by atoms with Crippen LogP contribution in [0, 0.1) is 5.92 Å². The minimum Gasteiger partial charge on any atom is -0.497 e. The summed E-state index contributed by atoms with van der Waals surface area (Å²) in [5.41, 5.74) is 2.43. The molecule has 8 heteroatoms. The summed E-state index contributed by atoms with van der Waals surface area (Å²) in [6.45, 7) is 11.2. The molecule has 0 saturated heterocycles. The van der Waals surface area contributed by atoms with E-state index in [4.69, 9.17) is 9.84 Å². The minimum absolute atomic E-state index is 0.0635. The van der Waals surface area contributed by atoms with Gasteiger partial charge in [-0.2, -0.15) is 5.10 Å². The molecule has 3 amide bonds. The number of hydrogen-bond acceptors (Lipinski definition) is 4. The number of rotatable bonds is 10. The van der Waals surface area contributed by atoms with E-state index in [2.05, 4.69) is 45.3 Å². The van der Waals surface area contributed by atoms with E-state index in [1.54, 1.807) is 16.7 Å². The third-order valence-corrected chi connectivity index (χ3v) is 5.95. The van der Waals surface area contributed by atoms with Crippen molar-refractivity contribution in [2.75, 3.05) is 25.5 Å². The number of urea groups is 1. The molecule has 1 aromatic heterocycles. The molecule has 0 aliphatic carbocycles. The normalized spacial score (nSPS) is 11.3. The van der Waals surface area contributed by atoms with E-state index in [9.17, 15) is 9.59 Å². The van der Waals surface area contributed by atoms with Gasteiger partial charge < -0.3 is 20.3 Å². The van der Waals surface area contributed by atoms with Gasteiger partial charge in [-0.3, -0.25) is 4.79 Å². The van der Waals surface area contributed by atoms with Crippen molar-refractivity contribution < 1.29 is 14.3 Å². The highest BCUT2D eigenvalue weighted by molar-refractivity contribution is 5.94. The molecule has 0 unspecified atom stereocenters. The first-order valence-electron chi connectivity index (χ1n) is 12.7. The molecule has 0 aliphatic rings. The van der Waals surface area contributed by atoms with Crippen molar-refractivity contribution in [2.45, 2.75) is 53.0 Å². The Morgan fingerprint density at radius 2 is 1.73 bits per heavy atom. The lowest BCUT2D eigenvalue weighted by Crippen LogP contribution is -2.44.